The van der Waals surface area contributed by atoms with Gasteiger partial charge in [-0.2, -0.15) is 0 Å². The highest BCUT2D eigenvalue weighted by Crippen LogP contribution is 2.17. The van der Waals surface area contributed by atoms with Crippen LogP contribution in [0.5, 0.6) is 0 Å². The van der Waals surface area contributed by atoms with Gasteiger partial charge in [0.15, 0.2) is 0 Å². The molecule has 0 spiro atoms. The topological polar surface area (TPSA) is 35.6 Å². The van der Waals surface area contributed by atoms with E-state index in [4.69, 9.17) is 0 Å². The summed E-state index contributed by atoms with van der Waals surface area (Å²) in [6, 6.07) is 16.6. The second-order valence-corrected chi connectivity index (χ2v) is 6.47. The van der Waals surface area contributed by atoms with Crippen LogP contribution in [-0.4, -0.2) is 43.5 Å². The Bertz CT molecular complexity index is 691. The van der Waals surface area contributed by atoms with Crippen LogP contribution in [0.15, 0.2) is 48.5 Å². The largest absolute Gasteiger partial charge is 0.369 e. The number of nitrogens with one attached hydrogen (secondary N) is 1. The normalized spacial score (nSPS) is 15.3. The van der Waals surface area contributed by atoms with Gasteiger partial charge in [0.05, 0.1) is 6.54 Å². The van der Waals surface area contributed by atoms with Gasteiger partial charge in [0.1, 0.15) is 0 Å². The van der Waals surface area contributed by atoms with Gasteiger partial charge in [-0.15, -0.1) is 0 Å². The maximum Gasteiger partial charge on any atom is 0.238 e. The Morgan fingerprint density at radius 2 is 1.71 bits per heavy atom. The number of amides is 1. The van der Waals surface area contributed by atoms with Crippen molar-refractivity contribution in [3.05, 3.63) is 59.7 Å². The number of hydrogen-bond acceptors (Lipinski definition) is 3. The van der Waals surface area contributed by atoms with Crippen molar-refractivity contribution in [1.29, 1.82) is 0 Å². The SMILES string of the molecule is Cc1ccc(C)c(NC(=O)CN2CCN(c3ccccc3)CC2)c1. The highest BCUT2D eigenvalue weighted by Gasteiger charge is 2.19. The minimum atomic E-state index is 0.0665. The van der Waals surface area contributed by atoms with Crippen LogP contribution < -0.4 is 10.2 Å². The number of rotatable bonds is 4. The fraction of sp³-hybridized carbons (Fsp3) is 0.350. The minimum Gasteiger partial charge on any atom is -0.369 e. The number of piperazine rings is 1. The molecule has 2 aromatic rings. The number of carbonyl (C=O) groups is 1. The van der Waals surface area contributed by atoms with Gasteiger partial charge in [0, 0.05) is 37.6 Å². The van der Waals surface area contributed by atoms with Crippen molar-refractivity contribution in [3.8, 4) is 0 Å². The molecule has 1 saturated heterocycles. The van der Waals surface area contributed by atoms with Crippen LogP contribution >= 0.6 is 0 Å². The van der Waals surface area contributed by atoms with E-state index in [0.29, 0.717) is 6.54 Å². The van der Waals surface area contributed by atoms with E-state index >= 15 is 0 Å². The number of anilines is 2. The molecule has 0 bridgehead atoms. The van der Waals surface area contributed by atoms with Crippen LogP contribution in [0.4, 0.5) is 11.4 Å². The van der Waals surface area contributed by atoms with Crippen molar-refractivity contribution in [3.63, 3.8) is 0 Å². The van der Waals surface area contributed by atoms with E-state index in [1.165, 1.54) is 5.69 Å². The highest BCUT2D eigenvalue weighted by atomic mass is 16.2. The third-order valence-electron chi connectivity index (χ3n) is 4.53. The number of carbonyl (C=O) groups excluding carboxylic acids is 1. The number of para-hydroxylation sites is 1. The molecule has 1 aliphatic heterocycles. The number of nitrogens with zero attached hydrogens (tertiary/aromatic N) is 2. The van der Waals surface area contributed by atoms with Gasteiger partial charge in [-0.05, 0) is 43.2 Å². The Morgan fingerprint density at radius 3 is 2.42 bits per heavy atom. The van der Waals surface area contributed by atoms with Gasteiger partial charge in [-0.25, -0.2) is 0 Å². The van der Waals surface area contributed by atoms with Crippen LogP contribution in [0.25, 0.3) is 0 Å². The van der Waals surface area contributed by atoms with E-state index < -0.39 is 0 Å². The minimum absolute atomic E-state index is 0.0665. The maximum atomic E-state index is 12.3. The molecule has 1 aliphatic rings. The molecule has 0 radical (unpaired) electrons. The van der Waals surface area contributed by atoms with Crippen molar-refractivity contribution >= 4 is 17.3 Å². The third kappa shape index (κ3) is 4.15. The molecule has 1 amide bonds. The van der Waals surface area contributed by atoms with Gasteiger partial charge < -0.3 is 10.2 Å². The van der Waals surface area contributed by atoms with E-state index in [1.807, 2.05) is 32.0 Å². The summed E-state index contributed by atoms with van der Waals surface area (Å²) in [5.41, 5.74) is 4.44. The van der Waals surface area contributed by atoms with Gasteiger partial charge in [-0.3, -0.25) is 9.69 Å². The number of aryl methyl sites for hydroxylation is 2. The van der Waals surface area contributed by atoms with Gasteiger partial charge >= 0.3 is 0 Å². The van der Waals surface area contributed by atoms with E-state index in [2.05, 4.69) is 45.4 Å². The predicted octanol–water partition coefficient (Wildman–Crippen LogP) is 3.06. The van der Waals surface area contributed by atoms with Crippen molar-refractivity contribution in [2.75, 3.05) is 42.9 Å². The molecule has 1 fully saturated rings. The lowest BCUT2D eigenvalue weighted by Gasteiger charge is -2.35. The van der Waals surface area contributed by atoms with Gasteiger partial charge in [-0.1, -0.05) is 30.3 Å². The maximum absolute atomic E-state index is 12.3. The average molecular weight is 323 g/mol. The molecule has 3 rings (SSSR count). The Labute approximate surface area is 144 Å². The van der Waals surface area contributed by atoms with Crippen molar-refractivity contribution in [2.24, 2.45) is 0 Å². The van der Waals surface area contributed by atoms with Crippen LogP contribution in [0, 0.1) is 13.8 Å². The fourth-order valence-electron chi connectivity index (χ4n) is 3.07. The van der Waals surface area contributed by atoms with Crippen LogP contribution in [0.1, 0.15) is 11.1 Å². The molecule has 24 heavy (non-hydrogen) atoms. The van der Waals surface area contributed by atoms with Crippen molar-refractivity contribution in [1.82, 2.24) is 4.90 Å². The standard InChI is InChI=1S/C20H25N3O/c1-16-8-9-17(2)19(14-16)21-20(24)15-22-10-12-23(13-11-22)18-6-4-3-5-7-18/h3-9,14H,10-13,15H2,1-2H3,(H,21,24). The van der Waals surface area contributed by atoms with E-state index in [1.54, 1.807) is 0 Å². The molecule has 4 heteroatoms. The molecular formula is C20H25N3O. The summed E-state index contributed by atoms with van der Waals surface area (Å²) in [4.78, 5) is 16.9. The molecular weight excluding hydrogens is 298 g/mol. The smallest absolute Gasteiger partial charge is 0.238 e. The molecule has 126 valence electrons. The lowest BCUT2D eigenvalue weighted by molar-refractivity contribution is -0.117. The molecule has 0 aromatic heterocycles. The average Bonchev–Trinajstić information content (AvgIpc) is 2.59. The molecule has 1 N–H and O–H groups in total. The molecule has 0 aliphatic carbocycles. The van der Waals surface area contributed by atoms with Crippen molar-refractivity contribution in [2.45, 2.75) is 13.8 Å². The molecule has 0 unspecified atom stereocenters. The van der Waals surface area contributed by atoms with Crippen LogP contribution in [-0.2, 0) is 4.79 Å². The fourth-order valence-corrected chi connectivity index (χ4v) is 3.07. The van der Waals surface area contributed by atoms with E-state index in [0.717, 1.165) is 43.0 Å². The number of benzene rings is 2. The van der Waals surface area contributed by atoms with Crippen LogP contribution in [0.2, 0.25) is 0 Å². The summed E-state index contributed by atoms with van der Waals surface area (Å²) in [6.07, 6.45) is 0. The zero-order valence-electron chi connectivity index (χ0n) is 14.5. The summed E-state index contributed by atoms with van der Waals surface area (Å²) in [5.74, 6) is 0.0665. The van der Waals surface area contributed by atoms with E-state index in [-0.39, 0.29) is 5.91 Å². The Kier molecular flexibility index (Phi) is 5.16. The predicted molar refractivity (Wildman–Crippen MR) is 99.6 cm³/mol. The summed E-state index contributed by atoms with van der Waals surface area (Å²) in [6.45, 7) is 8.26. The highest BCUT2D eigenvalue weighted by molar-refractivity contribution is 5.93. The molecule has 2 aromatic carbocycles. The van der Waals surface area contributed by atoms with Crippen LogP contribution in [0.3, 0.4) is 0 Å². The van der Waals surface area contributed by atoms with Gasteiger partial charge in [0.25, 0.3) is 0 Å². The number of hydrogen-bond donors (Lipinski definition) is 1. The zero-order valence-corrected chi connectivity index (χ0v) is 14.5. The monoisotopic (exact) mass is 323 g/mol. The summed E-state index contributed by atoms with van der Waals surface area (Å²) in [5, 5.41) is 3.05. The molecule has 0 atom stereocenters. The first-order chi connectivity index (χ1) is 11.6. The second kappa shape index (κ2) is 7.49. The van der Waals surface area contributed by atoms with Gasteiger partial charge in [0.2, 0.25) is 5.91 Å². The summed E-state index contributed by atoms with van der Waals surface area (Å²) >= 11 is 0. The summed E-state index contributed by atoms with van der Waals surface area (Å²) < 4.78 is 0. The third-order valence-corrected chi connectivity index (χ3v) is 4.53. The first-order valence-electron chi connectivity index (χ1n) is 8.51. The first-order valence-corrected chi connectivity index (χ1v) is 8.51. The van der Waals surface area contributed by atoms with Crippen molar-refractivity contribution < 1.29 is 4.79 Å². The Balaban J connectivity index is 1.51. The Morgan fingerprint density at radius 1 is 1.00 bits per heavy atom. The first kappa shape index (κ1) is 16.5. The second-order valence-electron chi connectivity index (χ2n) is 6.47. The quantitative estimate of drug-likeness (QED) is 0.939. The summed E-state index contributed by atoms with van der Waals surface area (Å²) in [7, 11) is 0. The lowest BCUT2D eigenvalue weighted by atomic mass is 10.1. The Hall–Kier alpha value is -2.33. The molecule has 1 heterocycles. The lowest BCUT2D eigenvalue weighted by Crippen LogP contribution is -2.48. The zero-order chi connectivity index (χ0) is 16.9. The molecule has 0 saturated carbocycles. The molecule has 4 nitrogen and oxygen atoms in total. The van der Waals surface area contributed by atoms with E-state index in [9.17, 15) is 4.79 Å².